The molecule has 0 radical (unpaired) electrons. The quantitative estimate of drug-likeness (QED) is 0.274. The minimum absolute atomic E-state index is 0.00212. The van der Waals surface area contributed by atoms with Gasteiger partial charge in [-0.25, -0.2) is 14.4 Å². The van der Waals surface area contributed by atoms with Crippen LogP contribution in [0.3, 0.4) is 0 Å². The van der Waals surface area contributed by atoms with E-state index in [1.807, 2.05) is 0 Å². The molecule has 0 aliphatic heterocycles. The number of esters is 1. The van der Waals surface area contributed by atoms with Crippen LogP contribution < -0.4 is 22.5 Å². The van der Waals surface area contributed by atoms with Gasteiger partial charge in [-0.05, 0) is 37.2 Å². The monoisotopic (exact) mass is 419 g/mol. The van der Waals surface area contributed by atoms with E-state index in [1.54, 1.807) is 7.05 Å². The highest BCUT2D eigenvalue weighted by atomic mass is 19.1. The lowest BCUT2D eigenvalue weighted by molar-refractivity contribution is -0.151. The first-order valence-electron chi connectivity index (χ1n) is 9.82. The molecule has 30 heavy (non-hydrogen) atoms. The first-order chi connectivity index (χ1) is 14.3. The zero-order valence-electron chi connectivity index (χ0n) is 17.3. The van der Waals surface area contributed by atoms with Gasteiger partial charge in [0.15, 0.2) is 5.84 Å². The molecule has 0 amide bonds. The highest BCUT2D eigenvalue weighted by Crippen LogP contribution is 2.45. The summed E-state index contributed by atoms with van der Waals surface area (Å²) in [6.45, 7) is 0. The first kappa shape index (κ1) is 23.1. The third kappa shape index (κ3) is 5.68. The smallest absolute Gasteiger partial charge is 0.308 e. The zero-order chi connectivity index (χ0) is 22.3. The number of rotatable bonds is 5. The number of amidine groups is 1. The average Bonchev–Trinajstić information content (AvgIpc) is 2.79. The van der Waals surface area contributed by atoms with Gasteiger partial charge in [0.25, 0.3) is 0 Å². The predicted molar refractivity (Wildman–Crippen MR) is 114 cm³/mol. The topological polar surface area (TPSA) is 165 Å². The molecule has 1 aromatic heterocycles. The van der Waals surface area contributed by atoms with Crippen molar-refractivity contribution in [3.05, 3.63) is 35.7 Å². The van der Waals surface area contributed by atoms with Crippen molar-refractivity contribution in [1.29, 1.82) is 5.41 Å². The lowest BCUT2D eigenvalue weighted by Gasteiger charge is -2.40. The molecule has 0 spiro atoms. The SMILES string of the molecule is CNC(=C/N)/N=C(\N)C(=N)c1cc(F)cnc1N.COC(=O)C1CC2CCC1CC2. The Labute approximate surface area is 175 Å². The molecule has 3 fully saturated rings. The third-order valence-corrected chi connectivity index (χ3v) is 5.62. The molecule has 2 bridgehead atoms. The maximum absolute atomic E-state index is 13.0. The number of halogens is 1. The van der Waals surface area contributed by atoms with Crippen molar-refractivity contribution >= 4 is 23.3 Å². The molecule has 9 nitrogen and oxygen atoms in total. The summed E-state index contributed by atoms with van der Waals surface area (Å²) in [5.74, 6) is 1.25. The summed E-state index contributed by atoms with van der Waals surface area (Å²) in [4.78, 5) is 18.8. The fraction of sp³-hybridized carbons (Fsp3) is 0.500. The highest BCUT2D eigenvalue weighted by molar-refractivity contribution is 6.46. The number of hydrogen-bond donors (Lipinski definition) is 5. The van der Waals surface area contributed by atoms with Gasteiger partial charge in [-0.2, -0.15) is 0 Å². The second kappa shape index (κ2) is 10.6. The van der Waals surface area contributed by atoms with E-state index in [1.165, 1.54) is 39.0 Å². The summed E-state index contributed by atoms with van der Waals surface area (Å²) in [6, 6.07) is 1.07. The Morgan fingerprint density at radius 2 is 2.07 bits per heavy atom. The van der Waals surface area contributed by atoms with Crippen LogP contribution in [0.25, 0.3) is 0 Å². The molecule has 0 aromatic carbocycles. The van der Waals surface area contributed by atoms with Gasteiger partial charge in [-0.3, -0.25) is 10.2 Å². The molecule has 8 N–H and O–H groups in total. The van der Waals surface area contributed by atoms with Crippen LogP contribution in [-0.2, 0) is 9.53 Å². The van der Waals surface area contributed by atoms with Crippen LogP contribution in [-0.4, -0.2) is 36.7 Å². The number of anilines is 1. The van der Waals surface area contributed by atoms with Crippen LogP contribution in [0, 0.1) is 29.0 Å². The Hall–Kier alpha value is -3.17. The summed E-state index contributed by atoms with van der Waals surface area (Å²) in [6.07, 6.45) is 8.44. The molecule has 3 aliphatic carbocycles. The van der Waals surface area contributed by atoms with Crippen molar-refractivity contribution in [1.82, 2.24) is 10.3 Å². The van der Waals surface area contributed by atoms with Crippen molar-refractivity contribution in [2.75, 3.05) is 19.9 Å². The van der Waals surface area contributed by atoms with Crippen LogP contribution >= 0.6 is 0 Å². The first-order valence-corrected chi connectivity index (χ1v) is 9.82. The van der Waals surface area contributed by atoms with Gasteiger partial charge in [-0.1, -0.05) is 12.8 Å². The maximum atomic E-state index is 13.0. The average molecular weight is 420 g/mol. The molecule has 1 atom stereocenters. The van der Waals surface area contributed by atoms with E-state index in [9.17, 15) is 9.18 Å². The summed E-state index contributed by atoms with van der Waals surface area (Å²) >= 11 is 0. The largest absolute Gasteiger partial charge is 0.469 e. The summed E-state index contributed by atoms with van der Waals surface area (Å²) in [7, 11) is 3.10. The number of pyridine rings is 1. The Morgan fingerprint density at radius 3 is 2.57 bits per heavy atom. The Bertz CT molecular complexity index is 832. The minimum Gasteiger partial charge on any atom is -0.469 e. The van der Waals surface area contributed by atoms with Gasteiger partial charge in [0.05, 0.1) is 19.2 Å². The van der Waals surface area contributed by atoms with Gasteiger partial charge < -0.3 is 27.3 Å². The second-order valence-corrected chi connectivity index (χ2v) is 7.41. The number of nitrogen functional groups attached to an aromatic ring is 1. The number of hydrogen-bond acceptors (Lipinski definition) is 8. The number of aliphatic imine (C=N–C) groups is 1. The van der Waals surface area contributed by atoms with Crippen LogP contribution in [0.15, 0.2) is 29.3 Å². The number of nitrogens with two attached hydrogens (primary N) is 3. The van der Waals surface area contributed by atoms with Crippen molar-refractivity contribution in [2.45, 2.75) is 32.1 Å². The van der Waals surface area contributed by atoms with E-state index in [0.717, 1.165) is 24.6 Å². The number of ether oxygens (including phenoxy) is 1. The molecule has 10 heteroatoms. The van der Waals surface area contributed by atoms with Gasteiger partial charge in [0, 0.05) is 18.8 Å². The van der Waals surface area contributed by atoms with Crippen LogP contribution in [0.1, 0.15) is 37.7 Å². The van der Waals surface area contributed by atoms with Gasteiger partial charge in [0.2, 0.25) is 0 Å². The molecule has 0 saturated heterocycles. The van der Waals surface area contributed by atoms with Crippen molar-refractivity contribution in [3.8, 4) is 0 Å². The number of nitrogens with one attached hydrogen (secondary N) is 2. The van der Waals surface area contributed by atoms with Gasteiger partial charge in [0.1, 0.15) is 23.2 Å². The fourth-order valence-corrected chi connectivity index (χ4v) is 3.97. The van der Waals surface area contributed by atoms with Gasteiger partial charge in [-0.15, -0.1) is 0 Å². The Morgan fingerprint density at radius 1 is 1.40 bits per heavy atom. The van der Waals surface area contributed by atoms with Crippen molar-refractivity contribution in [3.63, 3.8) is 0 Å². The molecule has 1 unspecified atom stereocenters. The van der Waals surface area contributed by atoms with E-state index in [4.69, 9.17) is 27.3 Å². The molecular weight excluding hydrogens is 389 g/mol. The van der Waals surface area contributed by atoms with E-state index in [-0.39, 0.29) is 40.6 Å². The second-order valence-electron chi connectivity index (χ2n) is 7.41. The molecule has 4 rings (SSSR count). The fourth-order valence-electron chi connectivity index (χ4n) is 3.97. The standard InChI is InChI=1S/C10H14FN7.C10H16O2/c1-16-7(3-12)18-10(15)8(13)6-2-5(11)4-17-9(6)14;1-12-10(11)9-6-7-2-4-8(9)5-3-7/h2-4,13,16H,12H2,1H3,(H2,14,17)(H2,15,18);7-9H,2-6H2,1H3/b7-3-,13-8?;. The Balaban J connectivity index is 0.000000230. The summed E-state index contributed by atoms with van der Waals surface area (Å²) < 4.78 is 17.8. The molecular formula is C20H30FN7O2. The van der Waals surface area contributed by atoms with Crippen LogP contribution in [0.5, 0.6) is 0 Å². The summed E-state index contributed by atoms with van der Waals surface area (Å²) in [5, 5.41) is 10.4. The molecule has 1 aromatic rings. The van der Waals surface area contributed by atoms with E-state index >= 15 is 0 Å². The number of nitrogens with zero attached hydrogens (tertiary/aromatic N) is 2. The lowest BCUT2D eigenvalue weighted by Crippen LogP contribution is -2.36. The third-order valence-electron chi connectivity index (χ3n) is 5.62. The number of methoxy groups -OCH3 is 1. The minimum atomic E-state index is -0.611. The van der Waals surface area contributed by atoms with E-state index < -0.39 is 5.82 Å². The van der Waals surface area contributed by atoms with Gasteiger partial charge >= 0.3 is 5.97 Å². The van der Waals surface area contributed by atoms with Crippen molar-refractivity contribution in [2.24, 2.45) is 34.2 Å². The maximum Gasteiger partial charge on any atom is 0.308 e. The normalized spacial score (nSPS) is 23.2. The number of aromatic nitrogens is 1. The highest BCUT2D eigenvalue weighted by Gasteiger charge is 2.39. The molecule has 164 valence electrons. The summed E-state index contributed by atoms with van der Waals surface area (Å²) in [5.41, 5.74) is 16.3. The predicted octanol–water partition coefficient (Wildman–Crippen LogP) is 1.49. The van der Waals surface area contributed by atoms with Crippen LogP contribution in [0.2, 0.25) is 0 Å². The zero-order valence-corrected chi connectivity index (χ0v) is 17.3. The number of carbonyl (C=O) groups is 1. The number of carbonyl (C=O) groups excluding carboxylic acids is 1. The molecule has 3 saturated carbocycles. The molecule has 1 heterocycles. The van der Waals surface area contributed by atoms with Crippen molar-refractivity contribution < 1.29 is 13.9 Å². The van der Waals surface area contributed by atoms with E-state index in [0.29, 0.717) is 5.92 Å². The van der Waals surface area contributed by atoms with Crippen LogP contribution in [0.4, 0.5) is 10.2 Å². The lowest BCUT2D eigenvalue weighted by atomic mass is 9.65. The Kier molecular flexibility index (Phi) is 8.14. The molecule has 3 aliphatic rings. The van der Waals surface area contributed by atoms with E-state index in [2.05, 4.69) is 15.3 Å². The number of fused-ring (bicyclic) bond motifs is 3.